The standard InChI is InChI=1S/C32H30F5N5O3S/c1-5-25(43)41-16(2)11-40(12-17(41)3)29-20-9-22(32(35,36)37)26(19-8-21(24(34)10-23(19)33)31(15-38)6-7-31)28-27(20)42(30(44)39-29)18(13-45-4)14-46-28/h5,8-10,16-18H,1,6-7,11-14H2,2-4H3/t16-,17+,18-/m0/s1. The zero-order valence-electron chi connectivity index (χ0n) is 25.3. The molecule has 3 aromatic rings. The third-order valence-electron chi connectivity index (χ3n) is 9.05. The van der Waals surface area contributed by atoms with Gasteiger partial charge in [-0.05, 0) is 44.9 Å². The largest absolute Gasteiger partial charge is 0.417 e. The normalized spacial score (nSPS) is 22.1. The third-order valence-corrected chi connectivity index (χ3v) is 10.3. The van der Waals surface area contributed by atoms with Crippen molar-refractivity contribution >= 4 is 34.4 Å². The van der Waals surface area contributed by atoms with E-state index < -0.39 is 51.6 Å². The number of anilines is 1. The van der Waals surface area contributed by atoms with Crippen molar-refractivity contribution in [2.45, 2.75) is 61.3 Å². The molecule has 0 spiro atoms. The molecule has 6 rings (SSSR count). The van der Waals surface area contributed by atoms with E-state index >= 15 is 22.0 Å². The van der Waals surface area contributed by atoms with Crippen molar-refractivity contribution in [3.8, 4) is 17.2 Å². The molecule has 2 fully saturated rings. The van der Waals surface area contributed by atoms with Crippen molar-refractivity contribution in [3.05, 3.63) is 64.1 Å². The molecule has 2 aromatic carbocycles. The van der Waals surface area contributed by atoms with E-state index in [0.717, 1.165) is 23.9 Å². The lowest BCUT2D eigenvalue weighted by Gasteiger charge is -2.45. The smallest absolute Gasteiger partial charge is 0.383 e. The number of nitriles is 1. The highest BCUT2D eigenvalue weighted by Crippen LogP contribution is 2.53. The number of alkyl halides is 3. The Morgan fingerprint density at radius 3 is 2.43 bits per heavy atom. The van der Waals surface area contributed by atoms with Crippen LogP contribution in [0.15, 0.2) is 40.5 Å². The van der Waals surface area contributed by atoms with E-state index in [0.29, 0.717) is 18.9 Å². The summed E-state index contributed by atoms with van der Waals surface area (Å²) in [5.41, 5.74) is -4.19. The van der Waals surface area contributed by atoms with Crippen LogP contribution in [0.3, 0.4) is 0 Å². The minimum atomic E-state index is -4.99. The number of nitrogens with zero attached hydrogens (tertiary/aromatic N) is 5. The van der Waals surface area contributed by atoms with Crippen molar-refractivity contribution in [3.63, 3.8) is 0 Å². The molecular formula is C32H30F5N5O3S. The molecule has 1 saturated heterocycles. The molecule has 3 heterocycles. The van der Waals surface area contributed by atoms with E-state index in [1.807, 2.05) is 6.07 Å². The molecule has 1 amide bonds. The fraction of sp³-hybridized carbons (Fsp3) is 0.438. The summed E-state index contributed by atoms with van der Waals surface area (Å²) < 4.78 is 82.4. The van der Waals surface area contributed by atoms with Gasteiger partial charge >= 0.3 is 11.9 Å². The van der Waals surface area contributed by atoms with Crippen LogP contribution in [0.1, 0.15) is 43.9 Å². The molecule has 2 aliphatic heterocycles. The van der Waals surface area contributed by atoms with E-state index in [2.05, 4.69) is 11.6 Å². The SMILES string of the molecule is C=CC(=O)N1[C@H](C)CN(c2nc(=O)n3c4c(c(-c5cc(C6(C#N)CC6)c(F)cc5F)c(C(F)(F)F)cc24)SC[C@@H]3COC)C[C@@H]1C. The number of hydrogen-bond acceptors (Lipinski definition) is 7. The number of ether oxygens (including phenoxy) is 1. The predicted molar refractivity (Wildman–Crippen MR) is 163 cm³/mol. The molecule has 8 nitrogen and oxygen atoms in total. The molecule has 3 aliphatic rings. The Morgan fingerprint density at radius 1 is 1.20 bits per heavy atom. The lowest BCUT2D eigenvalue weighted by Crippen LogP contribution is -2.58. The van der Waals surface area contributed by atoms with Gasteiger partial charge in [-0.2, -0.15) is 23.4 Å². The van der Waals surface area contributed by atoms with Gasteiger partial charge in [-0.15, -0.1) is 11.8 Å². The Labute approximate surface area is 265 Å². The number of amides is 1. The Kier molecular flexibility index (Phi) is 7.92. The first-order valence-corrected chi connectivity index (χ1v) is 15.7. The molecule has 1 saturated carbocycles. The number of halogens is 5. The molecule has 3 atom stereocenters. The molecule has 1 aromatic heterocycles. The summed E-state index contributed by atoms with van der Waals surface area (Å²) in [6.45, 7) is 7.54. The molecule has 0 radical (unpaired) electrons. The second-order valence-electron chi connectivity index (χ2n) is 12.1. The highest BCUT2D eigenvalue weighted by atomic mass is 32.2. The first kappa shape index (κ1) is 32.0. The van der Waals surface area contributed by atoms with E-state index in [-0.39, 0.29) is 70.6 Å². The van der Waals surface area contributed by atoms with Gasteiger partial charge in [-0.25, -0.2) is 13.6 Å². The van der Waals surface area contributed by atoms with Crippen LogP contribution in [-0.2, 0) is 21.1 Å². The lowest BCUT2D eigenvalue weighted by atomic mass is 9.90. The Morgan fingerprint density at radius 2 is 1.87 bits per heavy atom. The number of carbonyl (C=O) groups is 1. The van der Waals surface area contributed by atoms with E-state index in [4.69, 9.17) is 4.74 Å². The zero-order valence-corrected chi connectivity index (χ0v) is 26.1. The summed E-state index contributed by atoms with van der Waals surface area (Å²) in [5.74, 6) is -2.38. The second-order valence-corrected chi connectivity index (χ2v) is 13.1. The minimum absolute atomic E-state index is 0.00208. The fourth-order valence-corrected chi connectivity index (χ4v) is 8.16. The number of benzene rings is 2. The summed E-state index contributed by atoms with van der Waals surface area (Å²) in [5, 5.41) is 9.74. The molecular weight excluding hydrogens is 629 g/mol. The fourth-order valence-electron chi connectivity index (χ4n) is 6.85. The van der Waals surface area contributed by atoms with Crippen LogP contribution >= 0.6 is 11.8 Å². The number of carbonyl (C=O) groups excluding carboxylic acids is 1. The number of aromatic nitrogens is 2. The van der Waals surface area contributed by atoms with Crippen LogP contribution in [0.2, 0.25) is 0 Å². The summed E-state index contributed by atoms with van der Waals surface area (Å²) >= 11 is 1.03. The minimum Gasteiger partial charge on any atom is -0.383 e. The molecule has 46 heavy (non-hydrogen) atoms. The molecule has 14 heteroatoms. The quantitative estimate of drug-likeness (QED) is 0.243. The van der Waals surface area contributed by atoms with Crippen LogP contribution in [0.5, 0.6) is 0 Å². The van der Waals surface area contributed by atoms with Gasteiger partial charge in [0.15, 0.2) is 0 Å². The van der Waals surface area contributed by atoms with E-state index in [1.165, 1.54) is 17.8 Å². The molecule has 0 N–H and O–H groups in total. The van der Waals surface area contributed by atoms with Crippen molar-refractivity contribution in [2.75, 3.05) is 37.5 Å². The van der Waals surface area contributed by atoms with Gasteiger partial charge in [0.05, 0.1) is 35.2 Å². The Balaban J connectivity index is 1.66. The second kappa shape index (κ2) is 11.4. The van der Waals surface area contributed by atoms with Crippen LogP contribution in [-0.4, -0.2) is 65.0 Å². The summed E-state index contributed by atoms with van der Waals surface area (Å²) in [4.78, 5) is 33.9. The van der Waals surface area contributed by atoms with Crippen LogP contribution in [0.25, 0.3) is 22.0 Å². The first-order valence-electron chi connectivity index (χ1n) is 14.7. The highest BCUT2D eigenvalue weighted by molar-refractivity contribution is 7.99. The molecule has 1 aliphatic carbocycles. The maximum atomic E-state index is 15.6. The van der Waals surface area contributed by atoms with Gasteiger partial charge in [-0.3, -0.25) is 9.36 Å². The third kappa shape index (κ3) is 5.04. The number of rotatable bonds is 6. The summed E-state index contributed by atoms with van der Waals surface area (Å²) in [6, 6.07) is 3.07. The van der Waals surface area contributed by atoms with Gasteiger partial charge in [0.25, 0.3) is 0 Å². The van der Waals surface area contributed by atoms with E-state index in [1.54, 1.807) is 23.6 Å². The van der Waals surface area contributed by atoms with Gasteiger partial charge < -0.3 is 14.5 Å². The van der Waals surface area contributed by atoms with Crippen LogP contribution in [0, 0.1) is 23.0 Å². The van der Waals surface area contributed by atoms with Crippen molar-refractivity contribution in [2.24, 2.45) is 0 Å². The van der Waals surface area contributed by atoms with Crippen LogP contribution in [0.4, 0.5) is 27.8 Å². The molecule has 0 bridgehead atoms. The van der Waals surface area contributed by atoms with E-state index in [9.17, 15) is 14.9 Å². The molecule has 0 unspecified atom stereocenters. The number of hydrogen-bond donors (Lipinski definition) is 0. The van der Waals surface area contributed by atoms with Gasteiger partial charge in [0.1, 0.15) is 17.5 Å². The van der Waals surface area contributed by atoms with Crippen molar-refractivity contribution in [1.82, 2.24) is 14.5 Å². The van der Waals surface area contributed by atoms with Crippen molar-refractivity contribution in [1.29, 1.82) is 5.26 Å². The first-order chi connectivity index (χ1) is 21.8. The molecule has 242 valence electrons. The van der Waals surface area contributed by atoms with Crippen molar-refractivity contribution < 1.29 is 31.5 Å². The number of piperazine rings is 1. The summed E-state index contributed by atoms with van der Waals surface area (Å²) in [7, 11) is 1.44. The zero-order chi connectivity index (χ0) is 33.3. The Hall–Kier alpha value is -3.96. The van der Waals surface area contributed by atoms with Crippen LogP contribution < -0.4 is 10.6 Å². The van der Waals surface area contributed by atoms with Gasteiger partial charge in [-0.1, -0.05) is 6.58 Å². The lowest BCUT2D eigenvalue weighted by molar-refractivity contribution is -0.137. The maximum absolute atomic E-state index is 15.6. The van der Waals surface area contributed by atoms with Gasteiger partial charge in [0, 0.05) is 71.1 Å². The van der Waals surface area contributed by atoms with Gasteiger partial charge in [0.2, 0.25) is 5.91 Å². The Bertz CT molecular complexity index is 1870. The average Bonchev–Trinajstić information content (AvgIpc) is 3.79. The maximum Gasteiger partial charge on any atom is 0.417 e. The number of thioether (sulfide) groups is 1. The predicted octanol–water partition coefficient (Wildman–Crippen LogP) is 5.82. The topological polar surface area (TPSA) is 91.5 Å². The monoisotopic (exact) mass is 659 g/mol. The number of methoxy groups -OCH3 is 1. The average molecular weight is 660 g/mol. The summed E-state index contributed by atoms with van der Waals surface area (Å²) in [6.07, 6.45) is -3.20. The highest BCUT2D eigenvalue weighted by Gasteiger charge is 2.48.